The lowest BCUT2D eigenvalue weighted by Crippen LogP contribution is -2.35. The number of carbonyl (C=O) groups is 2. The van der Waals surface area contributed by atoms with Crippen molar-refractivity contribution in [3.8, 4) is 0 Å². The van der Waals surface area contributed by atoms with E-state index >= 15 is 0 Å². The maximum atomic E-state index is 13.6. The number of aryl methyl sites for hydroxylation is 1. The Bertz CT molecular complexity index is 1050. The van der Waals surface area contributed by atoms with Gasteiger partial charge in [-0.3, -0.25) is 9.78 Å². The Hall–Kier alpha value is -3.42. The molecule has 0 saturated carbocycles. The fourth-order valence-corrected chi connectivity index (χ4v) is 3.00. The van der Waals surface area contributed by atoms with Gasteiger partial charge in [-0.15, -0.1) is 0 Å². The molecule has 3 amide bonds. The second-order valence-corrected chi connectivity index (χ2v) is 6.85. The number of fused-ring (bicyclic) bond motifs is 1. The van der Waals surface area contributed by atoms with E-state index in [-0.39, 0.29) is 17.4 Å². The number of furan rings is 1. The van der Waals surface area contributed by atoms with E-state index in [1.54, 1.807) is 12.1 Å². The molecular weight excluding hydrogens is 363 g/mol. The van der Waals surface area contributed by atoms with Gasteiger partial charge in [0.25, 0.3) is 5.91 Å². The number of pyridine rings is 1. The summed E-state index contributed by atoms with van der Waals surface area (Å²) in [6.07, 6.45) is 1.38. The molecule has 28 heavy (non-hydrogen) atoms. The average Bonchev–Trinajstić information content (AvgIpc) is 2.95. The fourth-order valence-electron chi connectivity index (χ4n) is 3.00. The molecule has 3 aromatic rings. The molecule has 0 aliphatic rings. The molecule has 0 spiro atoms. The van der Waals surface area contributed by atoms with Gasteiger partial charge in [-0.2, -0.15) is 0 Å². The molecule has 4 N–H and O–H groups in total. The van der Waals surface area contributed by atoms with E-state index in [1.807, 2.05) is 20.8 Å². The number of nitrogens with one attached hydrogen (secondary N) is 2. The monoisotopic (exact) mass is 384 g/mol. The van der Waals surface area contributed by atoms with E-state index in [9.17, 15) is 14.0 Å². The van der Waals surface area contributed by atoms with Crippen molar-refractivity contribution in [3.63, 3.8) is 0 Å². The van der Waals surface area contributed by atoms with Crippen LogP contribution in [-0.4, -0.2) is 16.9 Å². The van der Waals surface area contributed by atoms with Crippen LogP contribution in [0.5, 0.6) is 0 Å². The third-order valence-corrected chi connectivity index (χ3v) is 4.44. The summed E-state index contributed by atoms with van der Waals surface area (Å²) in [6.45, 7) is 5.71. The van der Waals surface area contributed by atoms with E-state index in [4.69, 9.17) is 10.2 Å². The molecule has 2 heterocycles. The number of hydrogen-bond donors (Lipinski definition) is 3. The van der Waals surface area contributed by atoms with Gasteiger partial charge in [0.05, 0.1) is 6.04 Å². The number of urea groups is 1. The van der Waals surface area contributed by atoms with Crippen LogP contribution in [0.15, 0.2) is 40.9 Å². The number of nitrogens with two attached hydrogens (primary N) is 1. The molecule has 1 unspecified atom stereocenters. The highest BCUT2D eigenvalue weighted by Crippen LogP contribution is 2.33. The molecule has 0 aliphatic heterocycles. The molecule has 0 aliphatic carbocycles. The Morgan fingerprint density at radius 2 is 1.96 bits per heavy atom. The van der Waals surface area contributed by atoms with Crippen LogP contribution >= 0.6 is 0 Å². The highest BCUT2D eigenvalue weighted by atomic mass is 19.1. The first kappa shape index (κ1) is 19.3. The molecule has 0 fully saturated rings. The van der Waals surface area contributed by atoms with Crippen molar-refractivity contribution in [2.24, 2.45) is 11.7 Å². The quantitative estimate of drug-likeness (QED) is 0.620. The summed E-state index contributed by atoms with van der Waals surface area (Å²) in [7, 11) is 0. The minimum absolute atomic E-state index is 0.00785. The second-order valence-electron chi connectivity index (χ2n) is 6.85. The fraction of sp³-hybridized carbons (Fsp3) is 0.250. The molecule has 1 aromatic carbocycles. The smallest absolute Gasteiger partial charge is 0.319 e. The Labute approximate surface area is 161 Å². The van der Waals surface area contributed by atoms with Gasteiger partial charge in [0, 0.05) is 22.8 Å². The first-order valence-corrected chi connectivity index (χ1v) is 8.78. The second kappa shape index (κ2) is 7.67. The molecule has 0 bridgehead atoms. The zero-order chi connectivity index (χ0) is 20.4. The molecule has 2 aromatic heterocycles. The Balaban J connectivity index is 1.84. The van der Waals surface area contributed by atoms with E-state index in [0.717, 1.165) is 5.56 Å². The van der Waals surface area contributed by atoms with Crippen LogP contribution in [0.3, 0.4) is 0 Å². The van der Waals surface area contributed by atoms with E-state index in [2.05, 4.69) is 15.6 Å². The Morgan fingerprint density at radius 3 is 2.64 bits per heavy atom. The van der Waals surface area contributed by atoms with E-state index in [0.29, 0.717) is 22.4 Å². The predicted molar refractivity (Wildman–Crippen MR) is 103 cm³/mol. The normalized spacial score (nSPS) is 12.2. The molecule has 146 valence electrons. The number of hydrogen-bond acceptors (Lipinski definition) is 4. The molecule has 0 saturated heterocycles. The summed E-state index contributed by atoms with van der Waals surface area (Å²) in [4.78, 5) is 27.6. The van der Waals surface area contributed by atoms with Crippen molar-refractivity contribution in [1.29, 1.82) is 0 Å². The zero-order valence-corrected chi connectivity index (χ0v) is 15.7. The lowest BCUT2D eigenvalue weighted by molar-refractivity contribution is 0.0995. The maximum Gasteiger partial charge on any atom is 0.319 e. The summed E-state index contributed by atoms with van der Waals surface area (Å²) >= 11 is 0. The van der Waals surface area contributed by atoms with Crippen molar-refractivity contribution < 1.29 is 18.4 Å². The molecule has 0 radical (unpaired) electrons. The van der Waals surface area contributed by atoms with Crippen molar-refractivity contribution in [2.75, 3.05) is 5.32 Å². The molecule has 1 atom stereocenters. The lowest BCUT2D eigenvalue weighted by Gasteiger charge is -2.21. The van der Waals surface area contributed by atoms with Gasteiger partial charge < -0.3 is 20.8 Å². The topological polar surface area (TPSA) is 110 Å². The van der Waals surface area contributed by atoms with Gasteiger partial charge in [-0.25, -0.2) is 9.18 Å². The third kappa shape index (κ3) is 3.95. The van der Waals surface area contributed by atoms with Crippen LogP contribution in [0.25, 0.3) is 11.0 Å². The van der Waals surface area contributed by atoms with Gasteiger partial charge in [0.2, 0.25) is 0 Å². The van der Waals surface area contributed by atoms with Crippen molar-refractivity contribution >= 4 is 28.6 Å². The molecule has 3 rings (SSSR count). The van der Waals surface area contributed by atoms with Crippen molar-refractivity contribution in [1.82, 2.24) is 10.3 Å². The average molecular weight is 384 g/mol. The highest BCUT2D eigenvalue weighted by molar-refractivity contribution is 5.94. The van der Waals surface area contributed by atoms with Gasteiger partial charge in [0.15, 0.2) is 0 Å². The zero-order valence-electron chi connectivity index (χ0n) is 15.7. The molecule has 8 heteroatoms. The van der Waals surface area contributed by atoms with Gasteiger partial charge in [-0.1, -0.05) is 13.8 Å². The van der Waals surface area contributed by atoms with Gasteiger partial charge in [0.1, 0.15) is 22.9 Å². The number of rotatable bonds is 5. The van der Waals surface area contributed by atoms with Crippen LogP contribution in [0, 0.1) is 18.7 Å². The summed E-state index contributed by atoms with van der Waals surface area (Å²) in [5.74, 6) is -0.460. The number of primary amides is 1. The van der Waals surface area contributed by atoms with Crippen molar-refractivity contribution in [2.45, 2.75) is 26.8 Å². The lowest BCUT2D eigenvalue weighted by atomic mass is 9.98. The molecule has 7 nitrogen and oxygen atoms in total. The third-order valence-electron chi connectivity index (χ3n) is 4.44. The summed E-state index contributed by atoms with van der Waals surface area (Å²) in [5.41, 5.74) is 6.97. The summed E-state index contributed by atoms with van der Waals surface area (Å²) in [6, 6.07) is 6.34. The van der Waals surface area contributed by atoms with Gasteiger partial charge >= 0.3 is 6.03 Å². The highest BCUT2D eigenvalue weighted by Gasteiger charge is 2.25. The van der Waals surface area contributed by atoms with Crippen molar-refractivity contribution in [3.05, 3.63) is 59.4 Å². The SMILES string of the molecule is Cc1c(C(NC(=O)Nc2ccnc(C(N)=O)c2)C(C)C)oc2ccc(F)cc12. The van der Waals surface area contributed by atoms with E-state index in [1.165, 1.54) is 24.4 Å². The standard InChI is InChI=1S/C20H21FN4O3/c1-10(2)17(18-11(3)14-8-12(21)4-5-16(14)28-18)25-20(27)24-13-6-7-23-15(9-13)19(22)26/h4-10,17H,1-3H3,(H2,22,26)(H2,23,24,25,27). The first-order valence-electron chi connectivity index (χ1n) is 8.78. The van der Waals surface area contributed by atoms with Gasteiger partial charge in [-0.05, 0) is 43.2 Å². The largest absolute Gasteiger partial charge is 0.459 e. The van der Waals surface area contributed by atoms with Crippen LogP contribution in [-0.2, 0) is 0 Å². The number of amides is 3. The number of halogens is 1. The van der Waals surface area contributed by atoms with Crippen LogP contribution in [0.1, 0.15) is 41.7 Å². The Morgan fingerprint density at radius 1 is 1.21 bits per heavy atom. The van der Waals surface area contributed by atoms with Crippen LogP contribution < -0.4 is 16.4 Å². The van der Waals surface area contributed by atoms with E-state index < -0.39 is 18.0 Å². The minimum Gasteiger partial charge on any atom is -0.459 e. The first-order chi connectivity index (χ1) is 13.3. The number of benzene rings is 1. The summed E-state index contributed by atoms with van der Waals surface area (Å²) < 4.78 is 19.5. The van der Waals surface area contributed by atoms with Crippen LogP contribution in [0.4, 0.5) is 14.9 Å². The maximum absolute atomic E-state index is 13.6. The van der Waals surface area contributed by atoms with Crippen LogP contribution in [0.2, 0.25) is 0 Å². The number of anilines is 1. The summed E-state index contributed by atoms with van der Waals surface area (Å²) in [5, 5.41) is 6.20. The number of carbonyl (C=O) groups excluding carboxylic acids is 2. The number of aromatic nitrogens is 1. The molecular formula is C20H21FN4O3. The minimum atomic E-state index is -0.686. The Kier molecular flexibility index (Phi) is 5.30. The number of nitrogens with zero attached hydrogens (tertiary/aromatic N) is 1. The predicted octanol–water partition coefficient (Wildman–Crippen LogP) is 3.89.